The van der Waals surface area contributed by atoms with Crippen molar-refractivity contribution in [3.05, 3.63) is 53.1 Å². The molecule has 6 nitrogen and oxygen atoms in total. The zero-order chi connectivity index (χ0) is 20.4. The van der Waals surface area contributed by atoms with E-state index in [1.165, 1.54) is 0 Å². The van der Waals surface area contributed by atoms with Crippen molar-refractivity contribution < 1.29 is 4.79 Å². The van der Waals surface area contributed by atoms with Crippen molar-refractivity contribution >= 4 is 40.2 Å². The number of benzene rings is 2. The summed E-state index contributed by atoms with van der Waals surface area (Å²) >= 11 is 6.17. The van der Waals surface area contributed by atoms with Gasteiger partial charge in [0.2, 0.25) is 11.9 Å². The molecule has 2 N–H and O–H groups in total. The molecule has 1 unspecified atom stereocenters. The van der Waals surface area contributed by atoms with E-state index in [1.54, 1.807) is 0 Å². The molecule has 0 saturated carbocycles. The van der Waals surface area contributed by atoms with Crippen molar-refractivity contribution in [2.75, 3.05) is 36.4 Å². The number of imidazole rings is 1. The Morgan fingerprint density at radius 3 is 2.79 bits per heavy atom. The molecule has 1 amide bonds. The van der Waals surface area contributed by atoms with Crippen LogP contribution in [-0.4, -0.2) is 53.0 Å². The summed E-state index contributed by atoms with van der Waals surface area (Å²) in [5.41, 5.74) is 3.69. The van der Waals surface area contributed by atoms with E-state index in [-0.39, 0.29) is 11.9 Å². The van der Waals surface area contributed by atoms with Gasteiger partial charge in [0.25, 0.3) is 0 Å². The topological polar surface area (TPSA) is 64.3 Å². The largest absolute Gasteiger partial charge is 0.341 e. The summed E-state index contributed by atoms with van der Waals surface area (Å²) in [5, 5.41) is 3.69. The minimum atomic E-state index is -0.219. The SMILES string of the molecule is Cc1c(Cl)cccc1NC(=O)C(C)N1CCCN(c2nc3ccccc3[nH]2)CC1. The fourth-order valence-corrected chi connectivity index (χ4v) is 3.95. The Bertz CT molecular complexity index is 984. The highest BCUT2D eigenvalue weighted by Gasteiger charge is 2.25. The number of halogens is 1. The molecule has 1 aliphatic rings. The first-order valence-corrected chi connectivity index (χ1v) is 10.4. The van der Waals surface area contributed by atoms with E-state index in [4.69, 9.17) is 16.6 Å². The molecule has 0 radical (unpaired) electrons. The molecule has 4 rings (SSSR count). The molecule has 0 spiro atoms. The van der Waals surface area contributed by atoms with Crippen LogP contribution in [0.1, 0.15) is 18.9 Å². The van der Waals surface area contributed by atoms with Gasteiger partial charge >= 0.3 is 0 Å². The van der Waals surface area contributed by atoms with E-state index in [1.807, 2.05) is 56.3 Å². The summed E-state index contributed by atoms with van der Waals surface area (Å²) in [6.07, 6.45) is 0.977. The highest BCUT2D eigenvalue weighted by molar-refractivity contribution is 6.31. The van der Waals surface area contributed by atoms with Crippen molar-refractivity contribution in [3.63, 3.8) is 0 Å². The van der Waals surface area contributed by atoms with E-state index >= 15 is 0 Å². The molecule has 29 heavy (non-hydrogen) atoms. The number of fused-ring (bicyclic) bond motifs is 1. The molecule has 7 heteroatoms. The second-order valence-corrected chi connectivity index (χ2v) is 7.94. The van der Waals surface area contributed by atoms with Gasteiger partial charge in [-0.3, -0.25) is 9.69 Å². The molecule has 1 aliphatic heterocycles. The van der Waals surface area contributed by atoms with Gasteiger partial charge in [-0.2, -0.15) is 0 Å². The number of hydrogen-bond donors (Lipinski definition) is 2. The number of H-pyrrole nitrogens is 1. The van der Waals surface area contributed by atoms with Crippen LogP contribution in [-0.2, 0) is 4.79 Å². The molecular formula is C22H26ClN5O. The van der Waals surface area contributed by atoms with Crippen LogP contribution < -0.4 is 10.2 Å². The minimum absolute atomic E-state index is 0.00689. The number of nitrogens with zero attached hydrogens (tertiary/aromatic N) is 3. The lowest BCUT2D eigenvalue weighted by Gasteiger charge is -2.27. The molecule has 1 atom stereocenters. The van der Waals surface area contributed by atoms with Crippen LogP contribution >= 0.6 is 11.6 Å². The van der Waals surface area contributed by atoms with Crippen LogP contribution in [0, 0.1) is 6.92 Å². The fraction of sp³-hybridized carbons (Fsp3) is 0.364. The van der Waals surface area contributed by atoms with Gasteiger partial charge in [-0.1, -0.05) is 29.8 Å². The van der Waals surface area contributed by atoms with Crippen molar-refractivity contribution in [3.8, 4) is 0 Å². The molecule has 1 fully saturated rings. The van der Waals surface area contributed by atoms with Crippen LogP contribution in [0.3, 0.4) is 0 Å². The number of anilines is 2. The quantitative estimate of drug-likeness (QED) is 0.679. The maximum Gasteiger partial charge on any atom is 0.241 e. The van der Waals surface area contributed by atoms with Gasteiger partial charge in [0, 0.05) is 36.9 Å². The Morgan fingerprint density at radius 2 is 1.97 bits per heavy atom. The molecule has 1 saturated heterocycles. The zero-order valence-electron chi connectivity index (χ0n) is 16.8. The second-order valence-electron chi connectivity index (χ2n) is 7.53. The highest BCUT2D eigenvalue weighted by Crippen LogP contribution is 2.24. The van der Waals surface area contributed by atoms with E-state index in [0.717, 1.165) is 60.8 Å². The third kappa shape index (κ3) is 4.23. The predicted octanol–water partition coefficient (Wildman–Crippen LogP) is 4.06. The Hall–Kier alpha value is -2.57. The lowest BCUT2D eigenvalue weighted by Crippen LogP contribution is -2.44. The van der Waals surface area contributed by atoms with Gasteiger partial charge in [0.05, 0.1) is 17.1 Å². The molecule has 1 aromatic heterocycles. The smallest absolute Gasteiger partial charge is 0.241 e. The van der Waals surface area contributed by atoms with Gasteiger partial charge in [-0.15, -0.1) is 0 Å². The third-order valence-corrected chi connectivity index (χ3v) is 6.07. The number of aromatic amines is 1. The van der Waals surface area contributed by atoms with Crippen molar-refractivity contribution in [1.29, 1.82) is 0 Å². The van der Waals surface area contributed by atoms with Gasteiger partial charge in [0.1, 0.15) is 0 Å². The summed E-state index contributed by atoms with van der Waals surface area (Å²) in [4.78, 5) is 25.5. The number of hydrogen-bond acceptors (Lipinski definition) is 4. The average molecular weight is 412 g/mol. The standard InChI is InChI=1S/C22H26ClN5O/c1-15-17(23)7-5-10-18(15)24-21(29)16(2)27-11-6-12-28(14-13-27)22-25-19-8-3-4-9-20(19)26-22/h3-5,7-10,16H,6,11-14H2,1-2H3,(H,24,29)(H,25,26). The molecule has 2 aromatic carbocycles. The summed E-state index contributed by atoms with van der Waals surface area (Å²) in [5.74, 6) is 0.896. The maximum atomic E-state index is 12.8. The Kier molecular flexibility index (Phi) is 5.74. The van der Waals surface area contributed by atoms with Crippen LogP contribution in [0.15, 0.2) is 42.5 Å². The van der Waals surface area contributed by atoms with Crippen molar-refractivity contribution in [2.45, 2.75) is 26.3 Å². The summed E-state index contributed by atoms with van der Waals surface area (Å²) < 4.78 is 0. The zero-order valence-corrected chi connectivity index (χ0v) is 17.5. The van der Waals surface area contributed by atoms with E-state index < -0.39 is 0 Å². The number of amides is 1. The molecule has 2 heterocycles. The van der Waals surface area contributed by atoms with E-state index in [9.17, 15) is 4.79 Å². The number of carbonyl (C=O) groups is 1. The van der Waals surface area contributed by atoms with E-state index in [2.05, 4.69) is 20.1 Å². The molecule has 0 bridgehead atoms. The number of rotatable bonds is 4. The van der Waals surface area contributed by atoms with Crippen LogP contribution in [0.4, 0.5) is 11.6 Å². The first-order valence-electron chi connectivity index (χ1n) is 10.0. The maximum absolute atomic E-state index is 12.8. The minimum Gasteiger partial charge on any atom is -0.341 e. The van der Waals surface area contributed by atoms with Gasteiger partial charge < -0.3 is 15.2 Å². The molecule has 152 valence electrons. The summed E-state index contributed by atoms with van der Waals surface area (Å²) in [7, 11) is 0. The van der Waals surface area contributed by atoms with Gasteiger partial charge in [0.15, 0.2) is 0 Å². The Labute approximate surface area is 175 Å². The normalized spacial score (nSPS) is 16.6. The first kappa shape index (κ1) is 19.7. The lowest BCUT2D eigenvalue weighted by molar-refractivity contribution is -0.120. The number of carbonyl (C=O) groups excluding carboxylic acids is 1. The molecule has 3 aromatic rings. The molecule has 0 aliphatic carbocycles. The predicted molar refractivity (Wildman–Crippen MR) is 119 cm³/mol. The monoisotopic (exact) mass is 411 g/mol. The van der Waals surface area contributed by atoms with Gasteiger partial charge in [-0.05, 0) is 50.1 Å². The number of para-hydroxylation sites is 2. The van der Waals surface area contributed by atoms with E-state index in [0.29, 0.717) is 5.02 Å². The van der Waals surface area contributed by atoms with Crippen LogP contribution in [0.2, 0.25) is 5.02 Å². The number of aromatic nitrogens is 2. The first-order chi connectivity index (χ1) is 14.0. The lowest BCUT2D eigenvalue weighted by atomic mass is 10.2. The Morgan fingerprint density at radius 1 is 1.14 bits per heavy atom. The summed E-state index contributed by atoms with van der Waals surface area (Å²) in [6, 6.07) is 13.4. The average Bonchev–Trinajstić information content (AvgIpc) is 3.00. The van der Waals surface area contributed by atoms with Crippen LogP contribution in [0.25, 0.3) is 11.0 Å². The highest BCUT2D eigenvalue weighted by atomic mass is 35.5. The van der Waals surface area contributed by atoms with Crippen LogP contribution in [0.5, 0.6) is 0 Å². The fourth-order valence-electron chi connectivity index (χ4n) is 3.77. The summed E-state index contributed by atoms with van der Waals surface area (Å²) in [6.45, 7) is 7.30. The third-order valence-electron chi connectivity index (χ3n) is 5.66. The number of nitrogens with one attached hydrogen (secondary N) is 2. The van der Waals surface area contributed by atoms with Crippen molar-refractivity contribution in [1.82, 2.24) is 14.9 Å². The second kappa shape index (κ2) is 8.43. The van der Waals surface area contributed by atoms with Gasteiger partial charge in [-0.25, -0.2) is 4.98 Å². The Balaban J connectivity index is 1.40. The van der Waals surface area contributed by atoms with Crippen molar-refractivity contribution in [2.24, 2.45) is 0 Å². The molecular weight excluding hydrogens is 386 g/mol.